The van der Waals surface area contributed by atoms with E-state index >= 15 is 0 Å². The number of benzene rings is 2. The van der Waals surface area contributed by atoms with Crippen molar-refractivity contribution in [1.82, 2.24) is 20.1 Å². The van der Waals surface area contributed by atoms with Gasteiger partial charge < -0.3 is 19.5 Å². The maximum absolute atomic E-state index is 12.6. The summed E-state index contributed by atoms with van der Waals surface area (Å²) in [6.07, 6.45) is 3.58. The fourth-order valence-corrected chi connectivity index (χ4v) is 4.38. The number of carbonyl (C=O) groups excluding carboxylic acids is 1. The van der Waals surface area contributed by atoms with Gasteiger partial charge in [-0.25, -0.2) is 0 Å². The largest absolute Gasteiger partial charge is 0.497 e. The van der Waals surface area contributed by atoms with E-state index in [0.717, 1.165) is 45.0 Å². The third-order valence-corrected chi connectivity index (χ3v) is 6.46. The van der Waals surface area contributed by atoms with E-state index in [1.165, 1.54) is 18.2 Å². The monoisotopic (exact) mass is 504 g/mol. The number of nitrogens with zero attached hydrogens (tertiary/aromatic N) is 3. The molecular weight excluding hydrogens is 468 g/mol. The number of hydrogen-bond acceptors (Lipinski definition) is 7. The Morgan fingerprint density at radius 3 is 2.22 bits per heavy atom. The van der Waals surface area contributed by atoms with Crippen molar-refractivity contribution in [3.05, 3.63) is 83.7 Å². The highest BCUT2D eigenvalue weighted by Gasteiger charge is 2.18. The zero-order valence-electron chi connectivity index (χ0n) is 21.9. The summed E-state index contributed by atoms with van der Waals surface area (Å²) in [7, 11) is 3.11. The van der Waals surface area contributed by atoms with E-state index < -0.39 is 0 Å². The van der Waals surface area contributed by atoms with Gasteiger partial charge >= 0.3 is 0 Å². The highest BCUT2D eigenvalue weighted by atomic mass is 16.5. The number of carbonyl (C=O) groups is 1. The molecule has 1 aromatic heterocycles. The summed E-state index contributed by atoms with van der Waals surface area (Å²) in [5, 5.41) is 2.92. The van der Waals surface area contributed by atoms with Gasteiger partial charge in [-0.05, 0) is 48.4 Å². The van der Waals surface area contributed by atoms with Crippen LogP contribution in [0.3, 0.4) is 0 Å². The highest BCUT2D eigenvalue weighted by Crippen LogP contribution is 2.24. The molecule has 1 fully saturated rings. The highest BCUT2D eigenvalue weighted by molar-refractivity contribution is 5.97. The van der Waals surface area contributed by atoms with Crippen LogP contribution in [0.2, 0.25) is 0 Å². The van der Waals surface area contributed by atoms with Crippen LogP contribution in [0.4, 0.5) is 0 Å². The van der Waals surface area contributed by atoms with E-state index in [9.17, 15) is 4.79 Å². The Bertz CT molecular complexity index is 1130. The van der Waals surface area contributed by atoms with Crippen LogP contribution in [0, 0.1) is 0 Å². The predicted octanol–water partition coefficient (Wildman–Crippen LogP) is 3.61. The van der Waals surface area contributed by atoms with Crippen molar-refractivity contribution < 1.29 is 19.0 Å². The van der Waals surface area contributed by atoms with Gasteiger partial charge in [-0.15, -0.1) is 0 Å². The molecule has 4 rings (SSSR count). The van der Waals surface area contributed by atoms with Gasteiger partial charge in [0.25, 0.3) is 5.91 Å². The second kappa shape index (κ2) is 13.1. The number of rotatable bonds is 11. The first-order chi connectivity index (χ1) is 18.0. The number of amides is 1. The number of ether oxygens (including phenoxy) is 3. The van der Waals surface area contributed by atoms with Gasteiger partial charge in [0.2, 0.25) is 0 Å². The lowest BCUT2D eigenvalue weighted by Crippen LogP contribution is -2.45. The van der Waals surface area contributed by atoms with Crippen molar-refractivity contribution >= 4 is 5.91 Å². The minimum atomic E-state index is -0.217. The Balaban J connectivity index is 1.19. The first-order valence-corrected chi connectivity index (χ1v) is 12.6. The summed E-state index contributed by atoms with van der Waals surface area (Å²) >= 11 is 0. The molecule has 0 aliphatic carbocycles. The normalized spacial score (nSPS) is 15.1. The first kappa shape index (κ1) is 26.4. The molecule has 1 saturated heterocycles. The van der Waals surface area contributed by atoms with Gasteiger partial charge in [-0.1, -0.05) is 18.2 Å². The molecule has 196 valence electrons. The van der Waals surface area contributed by atoms with Gasteiger partial charge in [-0.3, -0.25) is 19.6 Å². The van der Waals surface area contributed by atoms with Crippen LogP contribution in [0.5, 0.6) is 17.2 Å². The molecule has 2 heterocycles. The summed E-state index contributed by atoms with van der Waals surface area (Å²) in [5.41, 5.74) is 2.99. The Kier molecular flexibility index (Phi) is 9.35. The summed E-state index contributed by atoms with van der Waals surface area (Å²) in [6, 6.07) is 17.5. The topological polar surface area (TPSA) is 76.2 Å². The van der Waals surface area contributed by atoms with Crippen LogP contribution in [-0.2, 0) is 13.1 Å². The third-order valence-electron chi connectivity index (χ3n) is 6.46. The van der Waals surface area contributed by atoms with Crippen LogP contribution in [0.15, 0.2) is 67.0 Å². The molecule has 37 heavy (non-hydrogen) atoms. The molecule has 0 spiro atoms. The van der Waals surface area contributed by atoms with E-state index in [1.54, 1.807) is 25.3 Å². The Morgan fingerprint density at radius 2 is 1.59 bits per heavy atom. The fraction of sp³-hybridized carbons (Fsp3) is 0.379. The number of pyridine rings is 1. The lowest BCUT2D eigenvalue weighted by molar-refractivity contribution is 0.0929. The summed E-state index contributed by atoms with van der Waals surface area (Å²) in [5.74, 6) is 1.67. The molecule has 0 saturated carbocycles. The van der Waals surface area contributed by atoms with Crippen molar-refractivity contribution in [2.24, 2.45) is 0 Å². The van der Waals surface area contributed by atoms with Crippen molar-refractivity contribution in [3.63, 3.8) is 0 Å². The van der Waals surface area contributed by atoms with Gasteiger partial charge in [0.15, 0.2) is 0 Å². The Morgan fingerprint density at radius 1 is 0.919 bits per heavy atom. The van der Waals surface area contributed by atoms with Crippen LogP contribution < -0.4 is 19.5 Å². The number of hydrogen-bond donors (Lipinski definition) is 1. The molecule has 1 atom stereocenters. The Labute approximate surface area is 219 Å². The quantitative estimate of drug-likeness (QED) is 0.428. The molecule has 8 heteroatoms. The molecule has 0 bridgehead atoms. The zero-order chi connectivity index (χ0) is 26.0. The Hall–Kier alpha value is -3.62. The smallest absolute Gasteiger partial charge is 0.255 e. The van der Waals surface area contributed by atoms with Crippen molar-refractivity contribution in [3.8, 4) is 17.2 Å². The molecule has 1 unspecified atom stereocenters. The number of methoxy groups -OCH3 is 2. The number of aromatic nitrogens is 1. The van der Waals surface area contributed by atoms with Crippen LogP contribution in [0.1, 0.15) is 28.4 Å². The third kappa shape index (κ3) is 7.68. The average Bonchev–Trinajstić information content (AvgIpc) is 2.94. The van der Waals surface area contributed by atoms with Gasteiger partial charge in [0, 0.05) is 57.7 Å². The fourth-order valence-electron chi connectivity index (χ4n) is 4.38. The number of nitrogens with one attached hydrogen (secondary N) is 1. The maximum atomic E-state index is 12.6. The van der Waals surface area contributed by atoms with E-state index in [2.05, 4.69) is 38.3 Å². The number of piperazine rings is 1. The van der Waals surface area contributed by atoms with Crippen molar-refractivity contribution in [2.45, 2.75) is 26.1 Å². The van der Waals surface area contributed by atoms with Crippen molar-refractivity contribution in [1.29, 1.82) is 0 Å². The second-order valence-corrected chi connectivity index (χ2v) is 9.26. The van der Waals surface area contributed by atoms with E-state index in [0.29, 0.717) is 23.6 Å². The lowest BCUT2D eigenvalue weighted by atomic mass is 10.1. The molecule has 1 N–H and O–H groups in total. The SMILES string of the molecule is COc1ccc(C(=O)NCC(C)Oc2ccc(CN3CCN(Cc4cccnc4)CC3)cc2)c(OC)c1. The van der Waals surface area contributed by atoms with Crippen LogP contribution in [-0.4, -0.2) is 73.7 Å². The standard InChI is InChI=1S/C29H36N4O4/c1-22(18-31-29(34)27-11-10-26(35-2)17-28(27)36-3)37-25-8-6-23(7-9-25)20-32-13-15-33(16-14-32)21-24-5-4-12-30-19-24/h4-12,17,19,22H,13-16,18,20-21H2,1-3H3,(H,31,34). The van der Waals surface area contributed by atoms with Gasteiger partial charge in [0.05, 0.1) is 26.3 Å². The summed E-state index contributed by atoms with van der Waals surface area (Å²) in [4.78, 5) is 21.8. The zero-order valence-corrected chi connectivity index (χ0v) is 21.9. The van der Waals surface area contributed by atoms with Gasteiger partial charge in [0.1, 0.15) is 23.4 Å². The lowest BCUT2D eigenvalue weighted by Gasteiger charge is -2.34. The molecule has 2 aromatic carbocycles. The molecule has 1 aliphatic rings. The molecule has 3 aromatic rings. The average molecular weight is 505 g/mol. The summed E-state index contributed by atoms with van der Waals surface area (Å²) in [6.45, 7) is 8.41. The molecule has 1 amide bonds. The molecule has 1 aliphatic heterocycles. The molecular formula is C29H36N4O4. The molecule has 8 nitrogen and oxygen atoms in total. The van der Waals surface area contributed by atoms with E-state index in [1.807, 2.05) is 37.5 Å². The van der Waals surface area contributed by atoms with E-state index in [-0.39, 0.29) is 12.0 Å². The van der Waals surface area contributed by atoms with Gasteiger partial charge in [-0.2, -0.15) is 0 Å². The summed E-state index contributed by atoms with van der Waals surface area (Å²) < 4.78 is 16.5. The maximum Gasteiger partial charge on any atom is 0.255 e. The van der Waals surface area contributed by atoms with E-state index in [4.69, 9.17) is 14.2 Å². The van der Waals surface area contributed by atoms with Crippen LogP contribution >= 0.6 is 0 Å². The minimum Gasteiger partial charge on any atom is -0.497 e. The van der Waals surface area contributed by atoms with Crippen LogP contribution in [0.25, 0.3) is 0 Å². The molecule has 0 radical (unpaired) electrons. The first-order valence-electron chi connectivity index (χ1n) is 12.6. The minimum absolute atomic E-state index is 0.188. The second-order valence-electron chi connectivity index (χ2n) is 9.26. The predicted molar refractivity (Wildman–Crippen MR) is 143 cm³/mol. The van der Waals surface area contributed by atoms with Crippen molar-refractivity contribution in [2.75, 3.05) is 46.9 Å².